The van der Waals surface area contributed by atoms with Crippen LogP contribution in [0.25, 0.3) is 0 Å². The average molecular weight is 190 g/mol. The number of hydrogen-bond acceptors (Lipinski definition) is 6. The number of aliphatic imine (C=N–C) groups is 1. The van der Waals surface area contributed by atoms with Crippen LogP contribution in [0.3, 0.4) is 0 Å². The van der Waals surface area contributed by atoms with Crippen LogP contribution in [-0.2, 0) is 9.53 Å². The molecule has 0 saturated heterocycles. The molecule has 0 spiro atoms. The molecule has 70 valence electrons. The van der Waals surface area contributed by atoms with Crippen LogP contribution in [-0.4, -0.2) is 24.3 Å². The molecule has 0 aromatic carbocycles. The summed E-state index contributed by atoms with van der Waals surface area (Å²) in [4.78, 5) is 14.3. The summed E-state index contributed by atoms with van der Waals surface area (Å²) in [6, 6.07) is 2.97. The second-order valence-corrected chi connectivity index (χ2v) is 1.98. The molecule has 0 bridgehead atoms. The van der Waals surface area contributed by atoms with Crippen molar-refractivity contribution in [3.05, 3.63) is 0 Å². The van der Waals surface area contributed by atoms with Crippen molar-refractivity contribution in [2.24, 2.45) is 4.99 Å². The van der Waals surface area contributed by atoms with Gasteiger partial charge in [0.05, 0.1) is 6.61 Å². The van der Waals surface area contributed by atoms with Crippen LogP contribution in [0.2, 0.25) is 0 Å². The molecule has 0 heterocycles. The first-order valence-electron chi connectivity index (χ1n) is 3.63. The summed E-state index contributed by atoms with van der Waals surface area (Å²) in [5, 5.41) is 25.1. The van der Waals surface area contributed by atoms with E-state index in [9.17, 15) is 4.79 Å². The predicted molar refractivity (Wildman–Crippen MR) is 44.7 cm³/mol. The second kappa shape index (κ2) is 6.16. The molecule has 0 rings (SSSR count). The van der Waals surface area contributed by atoms with E-state index in [1.54, 1.807) is 6.92 Å². The van der Waals surface area contributed by atoms with Gasteiger partial charge in [-0.1, -0.05) is 0 Å². The van der Waals surface area contributed by atoms with Gasteiger partial charge in [-0.25, -0.2) is 9.79 Å². The molecule has 0 aromatic rings. The molecule has 0 aliphatic heterocycles. The Bertz CT molecular complexity index is 350. The largest absolute Gasteiger partial charge is 0.464 e. The summed E-state index contributed by atoms with van der Waals surface area (Å²) in [5.74, 6) is -0.863. The fourth-order valence-corrected chi connectivity index (χ4v) is 0.567. The van der Waals surface area contributed by atoms with Crippen molar-refractivity contribution in [2.45, 2.75) is 13.0 Å². The lowest BCUT2D eigenvalue weighted by molar-refractivity contribution is -0.143. The SMILES string of the molecule is CCOC(=O)[C@H](C#N)N=C(C#N)C#N. The highest BCUT2D eigenvalue weighted by molar-refractivity contribution is 6.11. The number of esters is 1. The van der Waals surface area contributed by atoms with Crippen molar-refractivity contribution >= 4 is 11.7 Å². The van der Waals surface area contributed by atoms with Gasteiger partial charge in [0, 0.05) is 0 Å². The van der Waals surface area contributed by atoms with E-state index < -0.39 is 17.7 Å². The van der Waals surface area contributed by atoms with Gasteiger partial charge >= 0.3 is 5.97 Å². The second-order valence-electron chi connectivity index (χ2n) is 1.98. The molecule has 6 heteroatoms. The molecular weight excluding hydrogens is 184 g/mol. The Kier molecular flexibility index (Phi) is 5.11. The van der Waals surface area contributed by atoms with Gasteiger partial charge in [-0.3, -0.25) is 0 Å². The summed E-state index contributed by atoms with van der Waals surface area (Å²) >= 11 is 0. The highest BCUT2D eigenvalue weighted by atomic mass is 16.5. The lowest BCUT2D eigenvalue weighted by Crippen LogP contribution is -2.21. The van der Waals surface area contributed by atoms with Crippen LogP contribution in [0.4, 0.5) is 0 Å². The highest BCUT2D eigenvalue weighted by Crippen LogP contribution is 1.94. The fraction of sp³-hybridized carbons (Fsp3) is 0.375. The minimum absolute atomic E-state index is 0.112. The molecule has 0 aliphatic rings. The Morgan fingerprint density at radius 2 is 2.00 bits per heavy atom. The zero-order valence-corrected chi connectivity index (χ0v) is 7.39. The Hall–Kier alpha value is -2.39. The number of rotatable bonds is 3. The Labute approximate surface area is 80.6 Å². The van der Waals surface area contributed by atoms with Crippen LogP contribution in [0.5, 0.6) is 0 Å². The van der Waals surface area contributed by atoms with E-state index >= 15 is 0 Å². The van der Waals surface area contributed by atoms with Crippen molar-refractivity contribution in [1.82, 2.24) is 0 Å². The number of carbonyl (C=O) groups excluding carboxylic acids is 1. The number of nitrogens with zero attached hydrogens (tertiary/aromatic N) is 4. The Morgan fingerprint density at radius 1 is 1.43 bits per heavy atom. The molecule has 0 fully saturated rings. The quantitative estimate of drug-likeness (QED) is 0.456. The summed E-state index contributed by atoms with van der Waals surface area (Å²) < 4.78 is 4.50. The van der Waals surface area contributed by atoms with Crippen molar-refractivity contribution in [3.63, 3.8) is 0 Å². The maximum absolute atomic E-state index is 11.0. The van der Waals surface area contributed by atoms with E-state index in [0.29, 0.717) is 0 Å². The minimum Gasteiger partial charge on any atom is -0.464 e. The summed E-state index contributed by atoms with van der Waals surface area (Å²) in [7, 11) is 0. The van der Waals surface area contributed by atoms with Crippen LogP contribution in [0, 0.1) is 34.0 Å². The van der Waals surface area contributed by atoms with E-state index in [-0.39, 0.29) is 6.61 Å². The van der Waals surface area contributed by atoms with E-state index in [4.69, 9.17) is 15.8 Å². The first kappa shape index (κ1) is 11.6. The zero-order chi connectivity index (χ0) is 11.0. The van der Waals surface area contributed by atoms with Crippen molar-refractivity contribution in [2.75, 3.05) is 6.61 Å². The van der Waals surface area contributed by atoms with Gasteiger partial charge in [-0.15, -0.1) is 0 Å². The Morgan fingerprint density at radius 3 is 2.36 bits per heavy atom. The first-order chi connectivity index (χ1) is 6.69. The molecule has 0 aromatic heterocycles. The maximum Gasteiger partial charge on any atom is 0.345 e. The average Bonchev–Trinajstić information content (AvgIpc) is 2.20. The monoisotopic (exact) mass is 190 g/mol. The van der Waals surface area contributed by atoms with Crippen LogP contribution in [0.1, 0.15) is 6.92 Å². The van der Waals surface area contributed by atoms with Gasteiger partial charge in [0.1, 0.15) is 18.2 Å². The van der Waals surface area contributed by atoms with E-state index in [0.717, 1.165) is 0 Å². The zero-order valence-electron chi connectivity index (χ0n) is 7.39. The van der Waals surface area contributed by atoms with Crippen molar-refractivity contribution < 1.29 is 9.53 Å². The third-order valence-electron chi connectivity index (χ3n) is 1.10. The van der Waals surface area contributed by atoms with E-state index in [1.165, 1.54) is 18.2 Å². The van der Waals surface area contributed by atoms with Gasteiger partial charge in [-0.2, -0.15) is 15.8 Å². The van der Waals surface area contributed by atoms with E-state index in [1.807, 2.05) is 0 Å². The molecule has 0 radical (unpaired) electrons. The molecule has 0 unspecified atom stereocenters. The molecule has 1 atom stereocenters. The third kappa shape index (κ3) is 3.34. The minimum atomic E-state index is -1.44. The number of carbonyl (C=O) groups is 1. The standard InChI is InChI=1S/C8H6N4O2/c1-2-14-8(13)7(5-11)12-6(3-9)4-10/h7H,2H2,1H3/t7-/m0/s1. The van der Waals surface area contributed by atoms with Gasteiger partial charge < -0.3 is 4.74 Å². The summed E-state index contributed by atoms with van der Waals surface area (Å²) in [6.45, 7) is 1.69. The topological polar surface area (TPSA) is 110 Å². The summed E-state index contributed by atoms with van der Waals surface area (Å²) in [6.07, 6.45) is 0. The molecule has 0 amide bonds. The molecule has 0 N–H and O–H groups in total. The van der Waals surface area contributed by atoms with E-state index in [2.05, 4.69) is 9.73 Å². The van der Waals surface area contributed by atoms with Gasteiger partial charge in [0.25, 0.3) is 0 Å². The first-order valence-corrected chi connectivity index (χ1v) is 3.63. The summed E-state index contributed by atoms with van der Waals surface area (Å²) in [5.41, 5.74) is -0.524. The smallest absolute Gasteiger partial charge is 0.345 e. The van der Waals surface area contributed by atoms with Crippen LogP contribution < -0.4 is 0 Å². The predicted octanol–water partition coefficient (Wildman–Crippen LogP) is -0.0702. The highest BCUT2D eigenvalue weighted by Gasteiger charge is 2.18. The van der Waals surface area contributed by atoms with Gasteiger partial charge in [-0.05, 0) is 6.92 Å². The van der Waals surface area contributed by atoms with Crippen LogP contribution >= 0.6 is 0 Å². The van der Waals surface area contributed by atoms with Gasteiger partial charge in [0.2, 0.25) is 11.8 Å². The van der Waals surface area contributed by atoms with Crippen molar-refractivity contribution in [1.29, 1.82) is 15.8 Å². The normalized spacial score (nSPS) is 9.86. The Balaban J connectivity index is 4.72. The molecular formula is C8H6N4O2. The lowest BCUT2D eigenvalue weighted by Gasteiger charge is -2.01. The molecule has 0 saturated carbocycles. The number of ether oxygens (including phenoxy) is 1. The molecule has 14 heavy (non-hydrogen) atoms. The van der Waals surface area contributed by atoms with Crippen LogP contribution in [0.15, 0.2) is 4.99 Å². The molecule has 0 aliphatic carbocycles. The maximum atomic E-state index is 11.0. The fourth-order valence-electron chi connectivity index (χ4n) is 0.567. The third-order valence-corrected chi connectivity index (χ3v) is 1.10. The van der Waals surface area contributed by atoms with Crippen molar-refractivity contribution in [3.8, 4) is 18.2 Å². The number of hydrogen-bond donors (Lipinski definition) is 0. The lowest BCUT2D eigenvalue weighted by atomic mass is 10.3. The van der Waals surface area contributed by atoms with Gasteiger partial charge in [0.15, 0.2) is 0 Å². The number of nitriles is 3. The molecule has 6 nitrogen and oxygen atoms in total.